The minimum absolute atomic E-state index is 0.0647. The number of benzene rings is 1. The lowest BCUT2D eigenvalue weighted by Gasteiger charge is -2.55. The van der Waals surface area contributed by atoms with Gasteiger partial charge < -0.3 is 9.47 Å². The zero-order valence-electron chi connectivity index (χ0n) is 14.2. The summed E-state index contributed by atoms with van der Waals surface area (Å²) in [6.45, 7) is 0.240. The number of carbonyl (C=O) groups is 2. The van der Waals surface area contributed by atoms with Crippen LogP contribution in [0, 0.1) is 23.2 Å². The molecule has 0 atom stereocenters. The zero-order valence-corrected chi connectivity index (χ0v) is 15.8. The summed E-state index contributed by atoms with van der Waals surface area (Å²) < 4.78 is 11.6. The Morgan fingerprint density at radius 3 is 2.20 bits per heavy atom. The van der Waals surface area contributed by atoms with E-state index in [1.165, 1.54) is 19.3 Å². The van der Waals surface area contributed by atoms with E-state index < -0.39 is 5.97 Å². The number of halogens is 1. The molecule has 0 radical (unpaired) electrons. The molecule has 1 aromatic carbocycles. The summed E-state index contributed by atoms with van der Waals surface area (Å²) in [5, 5.41) is 0. The molecule has 5 rings (SSSR count). The van der Waals surface area contributed by atoms with Crippen LogP contribution in [0.25, 0.3) is 0 Å². The van der Waals surface area contributed by atoms with Crippen molar-refractivity contribution >= 4 is 27.9 Å². The summed E-state index contributed by atoms with van der Waals surface area (Å²) >= 11 is 3.33. The van der Waals surface area contributed by atoms with Crippen LogP contribution in [0.2, 0.25) is 0 Å². The highest BCUT2D eigenvalue weighted by Crippen LogP contribution is 2.60. The van der Waals surface area contributed by atoms with Gasteiger partial charge in [0.2, 0.25) is 0 Å². The Morgan fingerprint density at radius 2 is 1.60 bits per heavy atom. The van der Waals surface area contributed by atoms with Crippen molar-refractivity contribution in [3.8, 4) is 0 Å². The van der Waals surface area contributed by atoms with Gasteiger partial charge in [-0.2, -0.15) is 0 Å². The van der Waals surface area contributed by atoms with E-state index in [1.54, 1.807) is 18.2 Å². The lowest BCUT2D eigenvalue weighted by molar-refractivity contribution is -0.172. The molecule has 4 bridgehead atoms. The van der Waals surface area contributed by atoms with Gasteiger partial charge in [-0.3, -0.25) is 4.79 Å². The van der Waals surface area contributed by atoms with Crippen molar-refractivity contribution in [2.45, 2.75) is 38.5 Å². The molecule has 0 spiro atoms. The van der Waals surface area contributed by atoms with Crippen molar-refractivity contribution in [3.63, 3.8) is 0 Å². The molecule has 0 heterocycles. The van der Waals surface area contributed by atoms with E-state index in [2.05, 4.69) is 15.9 Å². The SMILES string of the molecule is O=C(OCCOC(=O)C12CC3CC(CC(C3)C1)C2)c1cccc(Br)c1. The smallest absolute Gasteiger partial charge is 0.338 e. The summed E-state index contributed by atoms with van der Waals surface area (Å²) in [7, 11) is 0. The van der Waals surface area contributed by atoms with Crippen LogP contribution in [0.15, 0.2) is 28.7 Å². The minimum atomic E-state index is -0.396. The number of esters is 2. The fraction of sp³-hybridized carbons (Fsp3) is 0.600. The van der Waals surface area contributed by atoms with Crippen LogP contribution in [-0.4, -0.2) is 25.2 Å². The summed E-state index contributed by atoms with van der Waals surface area (Å²) in [6.07, 6.45) is 6.89. The van der Waals surface area contributed by atoms with Gasteiger partial charge in [0.25, 0.3) is 0 Å². The Bertz CT molecular complexity index is 649. The first-order valence-electron chi connectivity index (χ1n) is 9.14. The second kappa shape index (κ2) is 6.75. The van der Waals surface area contributed by atoms with Crippen molar-refractivity contribution in [3.05, 3.63) is 34.3 Å². The van der Waals surface area contributed by atoms with Gasteiger partial charge in [0.15, 0.2) is 0 Å². The molecule has 25 heavy (non-hydrogen) atoms. The molecule has 4 aliphatic rings. The first-order chi connectivity index (χ1) is 12.0. The number of hydrogen-bond donors (Lipinski definition) is 0. The van der Waals surface area contributed by atoms with E-state index in [9.17, 15) is 9.59 Å². The molecule has 4 aliphatic carbocycles. The summed E-state index contributed by atoms with van der Waals surface area (Å²) in [5.41, 5.74) is 0.241. The molecule has 0 aliphatic heterocycles. The van der Waals surface area contributed by atoms with Gasteiger partial charge in [-0.25, -0.2) is 4.79 Å². The third-order valence-corrected chi connectivity index (χ3v) is 6.57. The molecule has 1 aromatic rings. The highest BCUT2D eigenvalue weighted by molar-refractivity contribution is 9.10. The first-order valence-corrected chi connectivity index (χ1v) is 9.93. The summed E-state index contributed by atoms with van der Waals surface area (Å²) in [4.78, 5) is 24.7. The highest BCUT2D eigenvalue weighted by Gasteiger charge is 2.55. The average Bonchev–Trinajstić information content (AvgIpc) is 2.57. The van der Waals surface area contributed by atoms with Crippen LogP contribution in [0.5, 0.6) is 0 Å². The van der Waals surface area contributed by atoms with Crippen molar-refractivity contribution in [1.82, 2.24) is 0 Å². The maximum Gasteiger partial charge on any atom is 0.338 e. The lowest BCUT2D eigenvalue weighted by atomic mass is 9.49. The Balaban J connectivity index is 1.26. The van der Waals surface area contributed by atoms with Gasteiger partial charge in [-0.1, -0.05) is 22.0 Å². The summed E-state index contributed by atoms with van der Waals surface area (Å²) in [6, 6.07) is 7.05. The molecular formula is C20H23BrO4. The zero-order chi connectivity index (χ0) is 17.4. The van der Waals surface area contributed by atoms with Gasteiger partial charge >= 0.3 is 11.9 Å². The molecule has 5 heteroatoms. The van der Waals surface area contributed by atoms with Crippen molar-refractivity contribution in [2.24, 2.45) is 23.2 Å². The van der Waals surface area contributed by atoms with Crippen LogP contribution in [0.3, 0.4) is 0 Å². The van der Waals surface area contributed by atoms with Gasteiger partial charge in [-0.15, -0.1) is 0 Å². The van der Waals surface area contributed by atoms with E-state index in [-0.39, 0.29) is 24.6 Å². The number of carbonyl (C=O) groups excluding carboxylic acids is 2. The second-order valence-corrected chi connectivity index (χ2v) is 8.90. The quantitative estimate of drug-likeness (QED) is 0.538. The molecule has 0 saturated heterocycles. The number of hydrogen-bond acceptors (Lipinski definition) is 4. The molecule has 0 aromatic heterocycles. The predicted octanol–water partition coefficient (Wildman–Crippen LogP) is 4.37. The van der Waals surface area contributed by atoms with E-state index >= 15 is 0 Å². The van der Waals surface area contributed by atoms with Gasteiger partial charge in [0.05, 0.1) is 11.0 Å². The Kier molecular flexibility index (Phi) is 4.61. The molecule has 0 unspecified atom stereocenters. The van der Waals surface area contributed by atoms with Crippen LogP contribution < -0.4 is 0 Å². The van der Waals surface area contributed by atoms with E-state index in [1.807, 2.05) is 6.07 Å². The Hall–Kier alpha value is -1.36. The molecular weight excluding hydrogens is 384 g/mol. The minimum Gasteiger partial charge on any atom is -0.462 e. The molecule has 4 saturated carbocycles. The predicted molar refractivity (Wildman–Crippen MR) is 96.0 cm³/mol. The summed E-state index contributed by atoms with van der Waals surface area (Å²) in [5.74, 6) is 1.69. The highest BCUT2D eigenvalue weighted by atomic mass is 79.9. The van der Waals surface area contributed by atoms with Crippen LogP contribution in [0.4, 0.5) is 0 Å². The molecule has 0 amide bonds. The topological polar surface area (TPSA) is 52.6 Å². The molecule has 4 nitrogen and oxygen atoms in total. The van der Waals surface area contributed by atoms with Gasteiger partial charge in [0.1, 0.15) is 13.2 Å². The van der Waals surface area contributed by atoms with Crippen molar-refractivity contribution in [1.29, 1.82) is 0 Å². The Morgan fingerprint density at radius 1 is 1.00 bits per heavy atom. The number of rotatable bonds is 5. The number of ether oxygens (including phenoxy) is 2. The van der Waals surface area contributed by atoms with Crippen molar-refractivity contribution < 1.29 is 19.1 Å². The fourth-order valence-electron chi connectivity index (χ4n) is 5.48. The molecule has 0 N–H and O–H groups in total. The Labute approximate surface area is 156 Å². The van der Waals surface area contributed by atoms with E-state index in [4.69, 9.17) is 9.47 Å². The normalized spacial score (nSPS) is 32.4. The largest absolute Gasteiger partial charge is 0.462 e. The maximum absolute atomic E-state index is 12.7. The van der Waals surface area contributed by atoms with E-state index in [0.29, 0.717) is 23.3 Å². The van der Waals surface area contributed by atoms with Gasteiger partial charge in [0, 0.05) is 4.47 Å². The van der Waals surface area contributed by atoms with Crippen LogP contribution in [-0.2, 0) is 14.3 Å². The van der Waals surface area contributed by atoms with E-state index in [0.717, 1.165) is 23.7 Å². The molecule has 134 valence electrons. The standard InChI is InChI=1S/C20H23BrO4/c21-17-3-1-2-16(9-17)18(22)24-4-5-25-19(23)20-10-13-6-14(11-20)8-15(7-13)12-20/h1-3,9,13-15H,4-8,10-12H2. The first kappa shape index (κ1) is 17.1. The van der Waals surface area contributed by atoms with Crippen LogP contribution >= 0.6 is 15.9 Å². The van der Waals surface area contributed by atoms with Gasteiger partial charge in [-0.05, 0) is 74.5 Å². The second-order valence-electron chi connectivity index (χ2n) is 7.98. The fourth-order valence-corrected chi connectivity index (χ4v) is 5.88. The monoisotopic (exact) mass is 406 g/mol. The third kappa shape index (κ3) is 3.48. The maximum atomic E-state index is 12.7. The lowest BCUT2D eigenvalue weighted by Crippen LogP contribution is -2.50. The third-order valence-electron chi connectivity index (χ3n) is 6.08. The van der Waals surface area contributed by atoms with Crippen molar-refractivity contribution in [2.75, 3.05) is 13.2 Å². The average molecular weight is 407 g/mol. The van der Waals surface area contributed by atoms with Crippen LogP contribution in [0.1, 0.15) is 48.9 Å². The molecule has 4 fully saturated rings.